The van der Waals surface area contributed by atoms with Gasteiger partial charge in [-0.3, -0.25) is 14.5 Å². The van der Waals surface area contributed by atoms with Gasteiger partial charge in [-0.2, -0.15) is 0 Å². The minimum Gasteiger partial charge on any atom is -0.447 e. The molecule has 0 saturated carbocycles. The second kappa shape index (κ2) is 7.32. The number of fused-ring (bicyclic) bond motifs is 1. The van der Waals surface area contributed by atoms with Gasteiger partial charge in [0.05, 0.1) is 29.4 Å². The Balaban J connectivity index is 1.53. The first-order chi connectivity index (χ1) is 13.1. The molecule has 4 rings (SSSR count). The molecule has 0 radical (unpaired) electrons. The van der Waals surface area contributed by atoms with E-state index >= 15 is 0 Å². The fraction of sp³-hybridized carbons (Fsp3) is 0.211. The molecule has 0 bridgehead atoms. The maximum Gasteiger partial charge on any atom is 0.414 e. The van der Waals surface area contributed by atoms with E-state index in [2.05, 4.69) is 5.32 Å². The summed E-state index contributed by atoms with van der Waals surface area (Å²) in [4.78, 5) is 40.8. The van der Waals surface area contributed by atoms with E-state index in [1.165, 1.54) is 21.6 Å². The van der Waals surface area contributed by atoms with Crippen LogP contribution >= 0.6 is 11.8 Å². The molecule has 2 aromatic carbocycles. The number of cyclic esters (lactones) is 1. The molecule has 27 heavy (non-hydrogen) atoms. The van der Waals surface area contributed by atoms with Gasteiger partial charge in [-0.15, -0.1) is 11.8 Å². The Hall–Kier alpha value is -3.00. The van der Waals surface area contributed by atoms with Gasteiger partial charge in [0.1, 0.15) is 13.2 Å². The Kier molecular flexibility index (Phi) is 4.72. The standard InChI is InChI=1S/C19H17N3O4S/c23-17(11-22-15-7-3-4-8-16(15)27-12-18(22)24)20-13-5-1-2-6-14(13)21-9-10-26-19(21)25/h1-8H,9-12H2,(H,20,23). The van der Waals surface area contributed by atoms with E-state index in [9.17, 15) is 14.4 Å². The van der Waals surface area contributed by atoms with Gasteiger partial charge in [0.2, 0.25) is 11.8 Å². The van der Waals surface area contributed by atoms with E-state index in [1.54, 1.807) is 24.3 Å². The highest BCUT2D eigenvalue weighted by atomic mass is 32.2. The summed E-state index contributed by atoms with van der Waals surface area (Å²) < 4.78 is 4.97. The summed E-state index contributed by atoms with van der Waals surface area (Å²) in [5.41, 5.74) is 1.83. The van der Waals surface area contributed by atoms with Crippen LogP contribution in [-0.4, -0.2) is 43.4 Å². The highest BCUT2D eigenvalue weighted by Crippen LogP contribution is 2.35. The van der Waals surface area contributed by atoms with Gasteiger partial charge in [-0.1, -0.05) is 24.3 Å². The predicted molar refractivity (Wildman–Crippen MR) is 103 cm³/mol. The highest BCUT2D eigenvalue weighted by Gasteiger charge is 2.28. The monoisotopic (exact) mass is 383 g/mol. The van der Waals surface area contributed by atoms with Crippen LogP contribution in [0.15, 0.2) is 53.4 Å². The molecule has 0 aromatic heterocycles. The molecule has 0 aliphatic carbocycles. The largest absolute Gasteiger partial charge is 0.447 e. The summed E-state index contributed by atoms with van der Waals surface area (Å²) in [5, 5.41) is 2.82. The normalized spacial score (nSPS) is 16.1. The molecule has 2 heterocycles. The molecule has 0 spiro atoms. The molecule has 2 aliphatic rings. The molecular weight excluding hydrogens is 366 g/mol. The van der Waals surface area contributed by atoms with Crippen molar-refractivity contribution in [2.24, 2.45) is 0 Å². The van der Waals surface area contributed by atoms with E-state index in [0.29, 0.717) is 30.3 Å². The van der Waals surface area contributed by atoms with Crippen LogP contribution in [0, 0.1) is 0 Å². The van der Waals surface area contributed by atoms with E-state index in [-0.39, 0.29) is 18.4 Å². The third-order valence-corrected chi connectivity index (χ3v) is 5.39. The first-order valence-corrected chi connectivity index (χ1v) is 9.47. The van der Waals surface area contributed by atoms with Crippen molar-refractivity contribution in [3.05, 3.63) is 48.5 Å². The number of hydrogen-bond acceptors (Lipinski definition) is 5. The number of amides is 3. The summed E-state index contributed by atoms with van der Waals surface area (Å²) >= 11 is 1.47. The van der Waals surface area contributed by atoms with Crippen LogP contribution in [0.4, 0.5) is 21.9 Å². The zero-order valence-corrected chi connectivity index (χ0v) is 15.2. The van der Waals surface area contributed by atoms with Crippen molar-refractivity contribution in [3.8, 4) is 0 Å². The summed E-state index contributed by atoms with van der Waals surface area (Å²) in [5.74, 6) is -0.129. The molecule has 2 aromatic rings. The molecule has 2 aliphatic heterocycles. The fourth-order valence-corrected chi connectivity index (χ4v) is 4.02. The molecule has 0 atom stereocenters. The van der Waals surface area contributed by atoms with Crippen molar-refractivity contribution >= 4 is 46.7 Å². The van der Waals surface area contributed by atoms with E-state index in [4.69, 9.17) is 4.74 Å². The molecule has 7 nitrogen and oxygen atoms in total. The second-order valence-corrected chi connectivity index (χ2v) is 7.08. The van der Waals surface area contributed by atoms with Gasteiger partial charge in [0, 0.05) is 4.90 Å². The van der Waals surface area contributed by atoms with Crippen LogP contribution in [0.2, 0.25) is 0 Å². The van der Waals surface area contributed by atoms with Crippen molar-refractivity contribution in [1.29, 1.82) is 0 Å². The van der Waals surface area contributed by atoms with Gasteiger partial charge < -0.3 is 15.0 Å². The van der Waals surface area contributed by atoms with Crippen LogP contribution in [0.3, 0.4) is 0 Å². The van der Waals surface area contributed by atoms with Crippen LogP contribution in [0.5, 0.6) is 0 Å². The van der Waals surface area contributed by atoms with E-state index in [1.807, 2.05) is 24.3 Å². The number of anilines is 3. The first-order valence-electron chi connectivity index (χ1n) is 8.49. The summed E-state index contributed by atoms with van der Waals surface area (Å²) in [7, 11) is 0. The molecular formula is C19H17N3O4S. The summed E-state index contributed by atoms with van der Waals surface area (Å²) in [6.07, 6.45) is -0.436. The van der Waals surface area contributed by atoms with Crippen molar-refractivity contribution in [3.63, 3.8) is 0 Å². The van der Waals surface area contributed by atoms with Crippen molar-refractivity contribution in [2.75, 3.05) is 40.6 Å². The number of carbonyl (C=O) groups excluding carboxylic acids is 3. The molecule has 138 valence electrons. The SMILES string of the molecule is O=C(CN1C(=O)CSc2ccccc21)Nc1ccccc1N1CCOC1=O. The zero-order chi connectivity index (χ0) is 18.8. The molecule has 3 amide bonds. The van der Waals surface area contributed by atoms with Crippen LogP contribution in [0.1, 0.15) is 0 Å². The van der Waals surface area contributed by atoms with Crippen molar-refractivity contribution in [1.82, 2.24) is 0 Å². The lowest BCUT2D eigenvalue weighted by Gasteiger charge is -2.28. The van der Waals surface area contributed by atoms with Crippen LogP contribution in [0.25, 0.3) is 0 Å². The minimum absolute atomic E-state index is 0.0881. The summed E-state index contributed by atoms with van der Waals surface area (Å²) in [6.45, 7) is 0.661. The number of para-hydroxylation sites is 3. The molecule has 8 heteroatoms. The number of hydrogen-bond donors (Lipinski definition) is 1. The maximum absolute atomic E-state index is 12.6. The quantitative estimate of drug-likeness (QED) is 0.878. The topological polar surface area (TPSA) is 79.0 Å². The van der Waals surface area contributed by atoms with Crippen molar-refractivity contribution in [2.45, 2.75) is 4.90 Å². The van der Waals surface area contributed by atoms with Gasteiger partial charge in [-0.05, 0) is 24.3 Å². The number of nitrogens with zero attached hydrogens (tertiary/aromatic N) is 2. The first kappa shape index (κ1) is 17.4. The summed E-state index contributed by atoms with van der Waals surface area (Å²) in [6, 6.07) is 14.6. The third-order valence-electron chi connectivity index (χ3n) is 4.34. The minimum atomic E-state index is -0.436. The number of thioether (sulfide) groups is 1. The van der Waals surface area contributed by atoms with Gasteiger partial charge in [0.15, 0.2) is 0 Å². The van der Waals surface area contributed by atoms with Gasteiger partial charge in [-0.25, -0.2) is 4.79 Å². The fourth-order valence-electron chi connectivity index (χ4n) is 3.09. The van der Waals surface area contributed by atoms with Crippen LogP contribution in [-0.2, 0) is 14.3 Å². The number of benzene rings is 2. The molecule has 0 unspecified atom stereocenters. The Labute approximate surface area is 160 Å². The number of nitrogens with one attached hydrogen (secondary N) is 1. The average molecular weight is 383 g/mol. The van der Waals surface area contributed by atoms with Crippen molar-refractivity contribution < 1.29 is 19.1 Å². The average Bonchev–Trinajstić information content (AvgIpc) is 3.10. The maximum atomic E-state index is 12.6. The molecule has 1 N–H and O–H groups in total. The lowest BCUT2D eigenvalue weighted by Crippen LogP contribution is -2.41. The predicted octanol–water partition coefficient (Wildman–Crippen LogP) is 2.72. The molecule has 1 saturated heterocycles. The second-order valence-electron chi connectivity index (χ2n) is 6.07. The Morgan fingerprint density at radius 2 is 1.81 bits per heavy atom. The number of carbonyl (C=O) groups is 3. The number of ether oxygens (including phenoxy) is 1. The van der Waals surface area contributed by atoms with E-state index < -0.39 is 6.09 Å². The van der Waals surface area contributed by atoms with Crippen LogP contribution < -0.4 is 15.1 Å². The Bertz CT molecular complexity index is 917. The lowest BCUT2D eigenvalue weighted by atomic mass is 10.2. The lowest BCUT2D eigenvalue weighted by molar-refractivity contribution is -0.120. The highest BCUT2D eigenvalue weighted by molar-refractivity contribution is 8.00. The smallest absolute Gasteiger partial charge is 0.414 e. The van der Waals surface area contributed by atoms with Gasteiger partial charge >= 0.3 is 6.09 Å². The number of rotatable bonds is 4. The molecule has 1 fully saturated rings. The third kappa shape index (κ3) is 3.48. The van der Waals surface area contributed by atoms with E-state index in [0.717, 1.165) is 10.6 Å². The zero-order valence-electron chi connectivity index (χ0n) is 14.4. The Morgan fingerprint density at radius 1 is 1.07 bits per heavy atom. The van der Waals surface area contributed by atoms with Gasteiger partial charge in [0.25, 0.3) is 0 Å². The Morgan fingerprint density at radius 3 is 2.59 bits per heavy atom.